The van der Waals surface area contributed by atoms with Crippen molar-refractivity contribution in [2.24, 2.45) is 29.1 Å². The highest BCUT2D eigenvalue weighted by Crippen LogP contribution is 2.59. The highest BCUT2D eigenvalue weighted by Gasteiger charge is 2.54. The van der Waals surface area contributed by atoms with Gasteiger partial charge in [-0.05, 0) is 136 Å². The zero-order valence-corrected chi connectivity index (χ0v) is 26.0. The summed E-state index contributed by atoms with van der Waals surface area (Å²) in [7, 11) is 0. The molecule has 0 amide bonds. The highest BCUT2D eigenvalue weighted by molar-refractivity contribution is 6.02. The van der Waals surface area contributed by atoms with Gasteiger partial charge in [-0.2, -0.15) is 0 Å². The molecule has 0 aromatic rings. The molecule has 0 saturated heterocycles. The summed E-state index contributed by atoms with van der Waals surface area (Å²) in [5.41, 5.74) is 5.30. The van der Waals surface area contributed by atoms with Crippen molar-refractivity contribution in [3.63, 3.8) is 0 Å². The van der Waals surface area contributed by atoms with Crippen molar-refractivity contribution in [2.75, 3.05) is 6.61 Å². The van der Waals surface area contributed by atoms with Crippen molar-refractivity contribution in [1.29, 1.82) is 0 Å². The molecule has 4 bridgehead atoms. The summed E-state index contributed by atoms with van der Waals surface area (Å²) in [4.78, 5) is 27.1. The van der Waals surface area contributed by atoms with Crippen LogP contribution in [0.1, 0.15) is 131 Å². The first kappa shape index (κ1) is 31.6. The molecule has 0 N–H and O–H groups in total. The van der Waals surface area contributed by atoms with E-state index in [-0.39, 0.29) is 17.2 Å². The Kier molecular flexibility index (Phi) is 12.3. The fourth-order valence-electron chi connectivity index (χ4n) is 7.72. The van der Waals surface area contributed by atoms with E-state index in [1.807, 2.05) is 6.92 Å². The maximum atomic E-state index is 14.1. The van der Waals surface area contributed by atoms with Gasteiger partial charge in [-0.15, -0.1) is 0 Å². The van der Waals surface area contributed by atoms with Gasteiger partial charge >= 0.3 is 5.97 Å². The lowest BCUT2D eigenvalue weighted by molar-refractivity contribution is -0.157. The lowest BCUT2D eigenvalue weighted by Gasteiger charge is -2.48. The average Bonchev–Trinajstić information content (AvgIpc) is 3.09. The Hall–Kier alpha value is -1.90. The van der Waals surface area contributed by atoms with Crippen LogP contribution >= 0.6 is 0 Å². The third-order valence-corrected chi connectivity index (χ3v) is 9.62. The van der Waals surface area contributed by atoms with Crippen LogP contribution in [0.3, 0.4) is 0 Å². The van der Waals surface area contributed by atoms with Gasteiger partial charge in [0.15, 0.2) is 5.78 Å². The molecule has 3 heteroatoms. The monoisotopic (exact) mass is 536 g/mol. The Morgan fingerprint density at radius 3 is 1.74 bits per heavy atom. The maximum Gasteiger partial charge on any atom is 0.316 e. The number of rotatable bonds is 15. The topological polar surface area (TPSA) is 43.4 Å². The van der Waals surface area contributed by atoms with Crippen LogP contribution in [0.5, 0.6) is 0 Å². The molecule has 4 aliphatic carbocycles. The zero-order chi connectivity index (χ0) is 28.4. The van der Waals surface area contributed by atoms with Crippen LogP contribution < -0.4 is 0 Å². The number of ketones is 1. The number of Topliss-reactive ketones (excluding diaryl/α,β-unsaturated/α-hetero) is 1. The number of hydrogen-bond acceptors (Lipinski definition) is 3. The largest absolute Gasteiger partial charge is 0.465 e. The number of ether oxygens (including phenoxy) is 1. The summed E-state index contributed by atoms with van der Waals surface area (Å²) in [6, 6.07) is 0. The normalized spacial score (nSPS) is 27.7. The van der Waals surface area contributed by atoms with Gasteiger partial charge in [0, 0.05) is 5.41 Å². The van der Waals surface area contributed by atoms with Crippen molar-refractivity contribution in [3.05, 3.63) is 46.6 Å². The van der Waals surface area contributed by atoms with Crippen molar-refractivity contribution >= 4 is 11.8 Å². The van der Waals surface area contributed by atoms with Gasteiger partial charge in [-0.1, -0.05) is 59.4 Å². The lowest BCUT2D eigenvalue weighted by atomic mass is 9.55. The molecule has 0 spiro atoms. The lowest BCUT2D eigenvalue weighted by Crippen LogP contribution is -2.47. The third kappa shape index (κ3) is 9.61. The second-order valence-electron chi connectivity index (χ2n) is 13.5. The minimum absolute atomic E-state index is 0.200. The minimum atomic E-state index is -0.639. The van der Waals surface area contributed by atoms with Crippen LogP contribution in [0, 0.1) is 29.1 Å². The van der Waals surface area contributed by atoms with Gasteiger partial charge in [0.2, 0.25) is 0 Å². The summed E-state index contributed by atoms with van der Waals surface area (Å²) in [5.74, 6) is 1.30. The molecule has 4 aliphatic rings. The fourth-order valence-corrected chi connectivity index (χ4v) is 7.72. The van der Waals surface area contributed by atoms with Crippen molar-refractivity contribution < 1.29 is 14.3 Å². The summed E-state index contributed by atoms with van der Waals surface area (Å²) >= 11 is 0. The molecule has 4 rings (SSSR count). The predicted molar refractivity (Wildman–Crippen MR) is 163 cm³/mol. The van der Waals surface area contributed by atoms with Crippen LogP contribution in [0.2, 0.25) is 0 Å². The standard InChI is InChI=1S/C36H56O3/c1-7-39-35(38)33(34(37)36-23-30-18-19-31(24-36)22-32(21-30)25-36)20-17-29(6)16-10-15-28(5)14-9-13-27(4)12-8-11-26(2)3/h11,13,15,17,30-33H,7-10,12,14,16,18-25H2,1-6H3/b27-13+,28-15+,29-17+. The molecule has 0 aromatic carbocycles. The third-order valence-electron chi connectivity index (χ3n) is 9.62. The second kappa shape index (κ2) is 15.2. The van der Waals surface area contributed by atoms with E-state index >= 15 is 0 Å². The Balaban J connectivity index is 1.52. The molecule has 0 aliphatic heterocycles. The first-order valence-corrected chi connectivity index (χ1v) is 15.9. The van der Waals surface area contributed by atoms with Crippen molar-refractivity contribution in [2.45, 2.75) is 131 Å². The van der Waals surface area contributed by atoms with E-state index in [4.69, 9.17) is 4.74 Å². The maximum absolute atomic E-state index is 14.1. The number of esters is 1. The molecular formula is C36H56O3. The number of fused-ring (bicyclic) bond motifs is 1. The highest BCUT2D eigenvalue weighted by atomic mass is 16.5. The van der Waals surface area contributed by atoms with E-state index in [0.717, 1.165) is 57.8 Å². The molecule has 218 valence electrons. The molecule has 3 atom stereocenters. The Morgan fingerprint density at radius 1 is 0.744 bits per heavy atom. The quantitative estimate of drug-likeness (QED) is 0.119. The molecule has 39 heavy (non-hydrogen) atoms. The molecule has 0 aromatic heterocycles. The second-order valence-corrected chi connectivity index (χ2v) is 13.5. The SMILES string of the molecule is CCOC(=O)C(C/C=C(\C)CC/C=C(\C)CC/C=C(\C)CCC=C(C)C)C(=O)C12CC3CCC(CC(C3)C1)C2. The number of carbonyl (C=O) groups excluding carboxylic acids is 2. The minimum Gasteiger partial charge on any atom is -0.465 e. The van der Waals surface area contributed by atoms with Crippen LogP contribution in [0.25, 0.3) is 0 Å². The predicted octanol–water partition coefficient (Wildman–Crippen LogP) is 9.88. The molecular weight excluding hydrogens is 480 g/mol. The van der Waals surface area contributed by atoms with Crippen LogP contribution in [-0.2, 0) is 14.3 Å². The summed E-state index contributed by atoms with van der Waals surface area (Å²) < 4.78 is 5.44. The van der Waals surface area contributed by atoms with Gasteiger partial charge < -0.3 is 4.74 Å². The molecule has 3 unspecified atom stereocenters. The molecule has 4 saturated carbocycles. The van der Waals surface area contributed by atoms with E-state index < -0.39 is 5.92 Å². The summed E-state index contributed by atoms with van der Waals surface area (Å²) in [6.45, 7) is 13.1. The molecule has 4 fully saturated rings. The van der Waals surface area contributed by atoms with E-state index in [0.29, 0.717) is 30.8 Å². The Labute approximate surface area is 239 Å². The molecule has 0 radical (unpaired) electrons. The molecule has 0 heterocycles. The van der Waals surface area contributed by atoms with E-state index in [2.05, 4.69) is 58.9 Å². The van der Waals surface area contributed by atoms with Gasteiger partial charge in [0.25, 0.3) is 0 Å². The van der Waals surface area contributed by atoms with Crippen LogP contribution in [0.4, 0.5) is 0 Å². The smallest absolute Gasteiger partial charge is 0.316 e. The number of carbonyl (C=O) groups is 2. The van der Waals surface area contributed by atoms with Gasteiger partial charge in [0.1, 0.15) is 5.92 Å². The zero-order valence-electron chi connectivity index (χ0n) is 26.0. The van der Waals surface area contributed by atoms with E-state index in [1.165, 1.54) is 48.0 Å². The number of hydrogen-bond donors (Lipinski definition) is 0. The average molecular weight is 537 g/mol. The van der Waals surface area contributed by atoms with Crippen LogP contribution in [-0.4, -0.2) is 18.4 Å². The van der Waals surface area contributed by atoms with Crippen molar-refractivity contribution in [1.82, 2.24) is 0 Å². The summed E-state index contributed by atoms with van der Waals surface area (Å²) in [5, 5.41) is 0. The van der Waals surface area contributed by atoms with E-state index in [9.17, 15) is 9.59 Å². The van der Waals surface area contributed by atoms with Gasteiger partial charge in [-0.3, -0.25) is 9.59 Å². The van der Waals surface area contributed by atoms with Gasteiger partial charge in [-0.25, -0.2) is 0 Å². The fraction of sp³-hybridized carbons (Fsp3) is 0.722. The van der Waals surface area contributed by atoms with Gasteiger partial charge in [0.05, 0.1) is 6.61 Å². The first-order valence-electron chi connectivity index (χ1n) is 15.9. The van der Waals surface area contributed by atoms with Crippen LogP contribution in [0.15, 0.2) is 46.6 Å². The summed E-state index contributed by atoms with van der Waals surface area (Å²) in [6.07, 6.45) is 24.3. The molecule has 3 nitrogen and oxygen atoms in total. The Bertz CT molecular complexity index is 942. The van der Waals surface area contributed by atoms with E-state index in [1.54, 1.807) is 0 Å². The Morgan fingerprint density at radius 2 is 1.23 bits per heavy atom. The van der Waals surface area contributed by atoms with Crippen molar-refractivity contribution in [3.8, 4) is 0 Å². The number of allylic oxidation sites excluding steroid dienone is 8. The first-order chi connectivity index (χ1) is 18.6.